The summed E-state index contributed by atoms with van der Waals surface area (Å²) in [6.45, 7) is 9.93. The first-order valence-corrected chi connectivity index (χ1v) is 4.41. The molecule has 1 unspecified atom stereocenters. The molecule has 78 valence electrons. The number of ketones is 1. The summed E-state index contributed by atoms with van der Waals surface area (Å²) in [6.07, 6.45) is 2.37. The molecule has 0 radical (unpaired) electrons. The number of aliphatic carboxylic acids is 1. The van der Waals surface area contributed by atoms with Gasteiger partial charge in [0.25, 0.3) is 0 Å². The quantitative estimate of drug-likeness (QED) is 0.402. The maximum absolute atomic E-state index is 11.6. The van der Waals surface area contributed by atoms with Gasteiger partial charge in [-0.3, -0.25) is 9.59 Å². The third-order valence-corrected chi connectivity index (χ3v) is 2.21. The Morgan fingerprint density at radius 3 is 2.29 bits per heavy atom. The van der Waals surface area contributed by atoms with Gasteiger partial charge in [0.2, 0.25) is 0 Å². The van der Waals surface area contributed by atoms with Crippen LogP contribution < -0.4 is 0 Å². The largest absolute Gasteiger partial charge is 0.480 e. The summed E-state index contributed by atoms with van der Waals surface area (Å²) in [5.74, 6) is -1.51. The molecule has 14 heavy (non-hydrogen) atoms. The van der Waals surface area contributed by atoms with E-state index in [9.17, 15) is 9.59 Å². The summed E-state index contributed by atoms with van der Waals surface area (Å²) < 4.78 is 0. The highest BCUT2D eigenvalue weighted by molar-refractivity contribution is 6.10. The summed E-state index contributed by atoms with van der Waals surface area (Å²) in [5.41, 5.74) is -1.08. The van der Waals surface area contributed by atoms with Crippen LogP contribution in [-0.2, 0) is 9.59 Å². The smallest absolute Gasteiger partial charge is 0.317 e. The molecule has 0 fully saturated rings. The molecule has 0 aliphatic heterocycles. The average molecular weight is 196 g/mol. The SMILES string of the molecule is C=CCCC(C)(C(=O)O)C(=O)C(=C)C. The van der Waals surface area contributed by atoms with Crippen LogP contribution in [0.5, 0.6) is 0 Å². The third kappa shape index (κ3) is 2.55. The van der Waals surface area contributed by atoms with E-state index in [-0.39, 0.29) is 12.0 Å². The Hall–Kier alpha value is -1.38. The molecular weight excluding hydrogens is 180 g/mol. The van der Waals surface area contributed by atoms with Crippen molar-refractivity contribution in [3.8, 4) is 0 Å². The predicted octanol–water partition coefficient (Wildman–Crippen LogP) is 2.19. The molecule has 0 heterocycles. The highest BCUT2D eigenvalue weighted by atomic mass is 16.4. The third-order valence-electron chi connectivity index (χ3n) is 2.21. The molecule has 3 heteroatoms. The van der Waals surface area contributed by atoms with Crippen LogP contribution in [0, 0.1) is 5.41 Å². The lowest BCUT2D eigenvalue weighted by molar-refractivity contribution is -0.152. The molecule has 1 N–H and O–H groups in total. The number of carboxylic acids is 1. The van der Waals surface area contributed by atoms with E-state index in [1.54, 1.807) is 6.08 Å². The Labute approximate surface area is 84.1 Å². The normalized spacial score (nSPS) is 14.1. The number of carbonyl (C=O) groups is 2. The van der Waals surface area contributed by atoms with Crippen molar-refractivity contribution in [2.45, 2.75) is 26.7 Å². The molecule has 0 aromatic carbocycles. The van der Waals surface area contributed by atoms with Crippen LogP contribution in [0.2, 0.25) is 0 Å². The zero-order valence-corrected chi connectivity index (χ0v) is 8.67. The van der Waals surface area contributed by atoms with Crippen molar-refractivity contribution in [3.63, 3.8) is 0 Å². The van der Waals surface area contributed by atoms with Crippen LogP contribution >= 0.6 is 0 Å². The van der Waals surface area contributed by atoms with Crippen molar-refractivity contribution in [3.05, 3.63) is 24.8 Å². The van der Waals surface area contributed by atoms with Crippen LogP contribution in [0.3, 0.4) is 0 Å². The molecule has 0 aliphatic carbocycles. The molecule has 0 aliphatic rings. The van der Waals surface area contributed by atoms with E-state index in [0.717, 1.165) is 0 Å². The van der Waals surface area contributed by atoms with Gasteiger partial charge in [-0.25, -0.2) is 0 Å². The van der Waals surface area contributed by atoms with E-state index < -0.39 is 17.2 Å². The molecule has 0 aromatic rings. The number of hydrogen-bond donors (Lipinski definition) is 1. The van der Waals surface area contributed by atoms with Gasteiger partial charge in [0.05, 0.1) is 0 Å². The molecule has 0 saturated heterocycles. The molecule has 3 nitrogen and oxygen atoms in total. The predicted molar refractivity (Wildman–Crippen MR) is 55.0 cm³/mol. The zero-order valence-electron chi connectivity index (χ0n) is 8.67. The second-order valence-electron chi connectivity index (χ2n) is 3.57. The fourth-order valence-corrected chi connectivity index (χ4v) is 1.18. The van der Waals surface area contributed by atoms with Gasteiger partial charge >= 0.3 is 5.97 Å². The zero-order chi connectivity index (χ0) is 11.4. The summed E-state index contributed by atoms with van der Waals surface area (Å²) in [6, 6.07) is 0. The van der Waals surface area contributed by atoms with Crippen LogP contribution in [0.4, 0.5) is 0 Å². The maximum atomic E-state index is 11.6. The van der Waals surface area contributed by atoms with Crippen molar-refractivity contribution < 1.29 is 14.7 Å². The van der Waals surface area contributed by atoms with Crippen molar-refractivity contribution in [1.82, 2.24) is 0 Å². The van der Waals surface area contributed by atoms with Crippen LogP contribution in [0.25, 0.3) is 0 Å². The Kier molecular flexibility index (Phi) is 4.28. The Morgan fingerprint density at radius 1 is 1.50 bits per heavy atom. The van der Waals surface area contributed by atoms with Crippen LogP contribution in [0.15, 0.2) is 24.8 Å². The summed E-state index contributed by atoms with van der Waals surface area (Å²) in [4.78, 5) is 22.6. The van der Waals surface area contributed by atoms with Gasteiger partial charge in [0.15, 0.2) is 5.78 Å². The van der Waals surface area contributed by atoms with E-state index in [1.165, 1.54) is 13.8 Å². The van der Waals surface area contributed by atoms with E-state index in [0.29, 0.717) is 6.42 Å². The van der Waals surface area contributed by atoms with Gasteiger partial charge < -0.3 is 5.11 Å². The fourth-order valence-electron chi connectivity index (χ4n) is 1.18. The first kappa shape index (κ1) is 12.6. The molecule has 0 rings (SSSR count). The van der Waals surface area contributed by atoms with Gasteiger partial charge in [-0.1, -0.05) is 12.7 Å². The maximum Gasteiger partial charge on any atom is 0.317 e. The Balaban J connectivity index is 4.89. The molecule has 0 aromatic heterocycles. The summed E-state index contributed by atoms with van der Waals surface area (Å²) in [5, 5.41) is 8.98. The Bertz CT molecular complexity index is 278. The number of rotatable bonds is 6. The van der Waals surface area contributed by atoms with Gasteiger partial charge in [0.1, 0.15) is 5.41 Å². The second kappa shape index (κ2) is 4.74. The van der Waals surface area contributed by atoms with Crippen molar-refractivity contribution >= 4 is 11.8 Å². The first-order valence-electron chi connectivity index (χ1n) is 4.41. The minimum absolute atomic E-state index is 0.261. The molecule has 0 bridgehead atoms. The van der Waals surface area contributed by atoms with E-state index in [1.807, 2.05) is 0 Å². The average Bonchev–Trinajstić information content (AvgIpc) is 2.12. The number of hydrogen-bond acceptors (Lipinski definition) is 2. The van der Waals surface area contributed by atoms with Crippen molar-refractivity contribution in [1.29, 1.82) is 0 Å². The van der Waals surface area contributed by atoms with Crippen LogP contribution in [-0.4, -0.2) is 16.9 Å². The Morgan fingerprint density at radius 2 is 2.00 bits per heavy atom. The standard InChI is InChI=1S/C11H16O3/c1-5-6-7-11(4,10(13)14)9(12)8(2)3/h5H,1-2,6-7H2,3-4H3,(H,13,14). The van der Waals surface area contributed by atoms with E-state index in [4.69, 9.17) is 5.11 Å². The van der Waals surface area contributed by atoms with Crippen molar-refractivity contribution in [2.75, 3.05) is 0 Å². The van der Waals surface area contributed by atoms with Crippen LogP contribution in [0.1, 0.15) is 26.7 Å². The lowest BCUT2D eigenvalue weighted by Gasteiger charge is -2.22. The first-order chi connectivity index (χ1) is 6.36. The molecule has 0 saturated carbocycles. The number of carboxylic acid groups (broad SMARTS) is 1. The minimum atomic E-state index is -1.36. The van der Waals surface area contributed by atoms with Crippen molar-refractivity contribution in [2.24, 2.45) is 5.41 Å². The topological polar surface area (TPSA) is 54.4 Å². The van der Waals surface area contributed by atoms with Gasteiger partial charge in [-0.2, -0.15) is 0 Å². The lowest BCUT2D eigenvalue weighted by Crippen LogP contribution is -2.36. The van der Waals surface area contributed by atoms with Gasteiger partial charge in [-0.15, -0.1) is 6.58 Å². The lowest BCUT2D eigenvalue weighted by atomic mass is 9.79. The summed E-state index contributed by atoms with van der Waals surface area (Å²) >= 11 is 0. The highest BCUT2D eigenvalue weighted by Gasteiger charge is 2.40. The summed E-state index contributed by atoms with van der Waals surface area (Å²) in [7, 11) is 0. The molecule has 1 atom stereocenters. The fraction of sp³-hybridized carbons (Fsp3) is 0.455. The number of Topliss-reactive ketones (excluding diaryl/α,β-unsaturated/α-hetero) is 1. The number of allylic oxidation sites excluding steroid dienone is 2. The minimum Gasteiger partial charge on any atom is -0.480 e. The highest BCUT2D eigenvalue weighted by Crippen LogP contribution is 2.27. The van der Waals surface area contributed by atoms with Gasteiger partial charge in [0, 0.05) is 0 Å². The monoisotopic (exact) mass is 196 g/mol. The molecular formula is C11H16O3. The van der Waals surface area contributed by atoms with E-state index >= 15 is 0 Å². The second-order valence-corrected chi connectivity index (χ2v) is 3.57. The molecule has 0 amide bonds. The van der Waals surface area contributed by atoms with E-state index in [2.05, 4.69) is 13.2 Å². The van der Waals surface area contributed by atoms with Gasteiger partial charge in [-0.05, 0) is 32.3 Å². The number of carbonyl (C=O) groups excluding carboxylic acids is 1. The molecule has 0 spiro atoms.